The first-order valence-electron chi connectivity index (χ1n) is 8.26. The first-order chi connectivity index (χ1) is 12.6. The Morgan fingerprint density at radius 3 is 2.46 bits per heavy atom. The molecule has 0 aliphatic carbocycles. The number of nitrogens with zero attached hydrogens (tertiary/aromatic N) is 3. The van der Waals surface area contributed by atoms with E-state index in [1.54, 1.807) is 12.1 Å². The number of fused-ring (bicyclic) bond motifs is 1. The Morgan fingerprint density at radius 2 is 1.69 bits per heavy atom. The lowest BCUT2D eigenvalue weighted by Crippen LogP contribution is -2.18. The molecule has 7 heteroatoms. The zero-order chi connectivity index (χ0) is 18.0. The Bertz CT molecular complexity index is 1120. The van der Waals surface area contributed by atoms with Gasteiger partial charge in [0.05, 0.1) is 22.5 Å². The second-order valence-electron chi connectivity index (χ2n) is 6.01. The van der Waals surface area contributed by atoms with Gasteiger partial charge in [0.25, 0.3) is 0 Å². The van der Waals surface area contributed by atoms with Gasteiger partial charge in [0.1, 0.15) is 12.1 Å². The summed E-state index contributed by atoms with van der Waals surface area (Å²) >= 11 is 0. The summed E-state index contributed by atoms with van der Waals surface area (Å²) in [5.41, 5.74) is 2.77. The van der Waals surface area contributed by atoms with Crippen molar-refractivity contribution in [2.75, 3.05) is 0 Å². The average Bonchev–Trinajstić information content (AvgIpc) is 3.28. The molecule has 0 radical (unpaired) electrons. The Labute approximate surface area is 151 Å². The highest BCUT2D eigenvalue weighted by Crippen LogP contribution is 2.22. The first-order valence-corrected chi connectivity index (χ1v) is 9.87. The van der Waals surface area contributed by atoms with E-state index < -0.39 is 10.0 Å². The van der Waals surface area contributed by atoms with Crippen LogP contribution in [-0.4, -0.2) is 22.5 Å². The molecular weight excluding hydrogens is 350 g/mol. The Morgan fingerprint density at radius 1 is 0.923 bits per heavy atom. The van der Waals surface area contributed by atoms with Gasteiger partial charge in [-0.1, -0.05) is 47.6 Å². The first kappa shape index (κ1) is 16.5. The maximum absolute atomic E-state index is 13.1. The Hall–Kier alpha value is -2.93. The van der Waals surface area contributed by atoms with Crippen LogP contribution in [0.2, 0.25) is 0 Å². The van der Waals surface area contributed by atoms with Crippen LogP contribution in [0.3, 0.4) is 0 Å². The highest BCUT2D eigenvalue weighted by Gasteiger charge is 2.22. The number of aromatic nitrogens is 3. The molecule has 132 valence electrons. The summed E-state index contributed by atoms with van der Waals surface area (Å²) in [4.78, 5) is 4.55. The molecule has 0 N–H and O–H groups in total. The zero-order valence-electron chi connectivity index (χ0n) is 13.9. The number of benzene rings is 2. The third kappa shape index (κ3) is 3.25. The summed E-state index contributed by atoms with van der Waals surface area (Å²) in [6.07, 6.45) is 2.51. The van der Waals surface area contributed by atoms with Crippen LogP contribution in [0.4, 0.5) is 0 Å². The molecular formula is C19H17N3O3S. The van der Waals surface area contributed by atoms with Crippen LogP contribution >= 0.6 is 0 Å². The second kappa shape index (κ2) is 6.76. The van der Waals surface area contributed by atoms with E-state index in [1.165, 1.54) is 10.2 Å². The fourth-order valence-corrected chi connectivity index (χ4v) is 4.63. The van der Waals surface area contributed by atoms with E-state index in [0.717, 1.165) is 11.3 Å². The van der Waals surface area contributed by atoms with Gasteiger partial charge in [0.2, 0.25) is 10.0 Å². The molecule has 4 aromatic rings. The van der Waals surface area contributed by atoms with Gasteiger partial charge < -0.3 is 4.52 Å². The maximum Gasteiger partial charge on any atom is 0.244 e. The van der Waals surface area contributed by atoms with Gasteiger partial charge in [-0.25, -0.2) is 17.4 Å². The molecule has 0 atom stereocenters. The third-order valence-electron chi connectivity index (χ3n) is 4.15. The van der Waals surface area contributed by atoms with Gasteiger partial charge in [-0.05, 0) is 17.7 Å². The summed E-state index contributed by atoms with van der Waals surface area (Å²) in [5, 5.41) is 3.88. The smallest absolute Gasteiger partial charge is 0.244 e. The fourth-order valence-electron chi connectivity index (χ4n) is 2.98. The Kier molecular flexibility index (Phi) is 4.30. The van der Waals surface area contributed by atoms with Crippen LogP contribution in [0, 0.1) is 0 Å². The normalized spacial score (nSPS) is 11.8. The van der Waals surface area contributed by atoms with Crippen LogP contribution in [-0.2, 0) is 28.6 Å². The van der Waals surface area contributed by atoms with Crippen molar-refractivity contribution in [3.63, 3.8) is 0 Å². The van der Waals surface area contributed by atoms with E-state index in [0.29, 0.717) is 29.7 Å². The van der Waals surface area contributed by atoms with Gasteiger partial charge in [-0.15, -0.1) is 0 Å². The van der Waals surface area contributed by atoms with Crippen LogP contribution in [0.5, 0.6) is 0 Å². The molecule has 6 nitrogen and oxygen atoms in total. The van der Waals surface area contributed by atoms with Crippen LogP contribution in [0.1, 0.15) is 17.1 Å². The van der Waals surface area contributed by atoms with E-state index in [-0.39, 0.29) is 5.75 Å². The van der Waals surface area contributed by atoms with Crippen molar-refractivity contribution in [1.82, 2.24) is 14.1 Å². The lowest BCUT2D eigenvalue weighted by atomic mass is 10.2. The van der Waals surface area contributed by atoms with Crippen LogP contribution in [0.25, 0.3) is 11.0 Å². The van der Waals surface area contributed by atoms with Gasteiger partial charge in [0.15, 0.2) is 0 Å². The number of para-hydroxylation sites is 2. The molecule has 0 saturated heterocycles. The molecule has 2 aromatic heterocycles. The van der Waals surface area contributed by atoms with Crippen molar-refractivity contribution >= 4 is 21.1 Å². The minimum atomic E-state index is -3.61. The van der Waals surface area contributed by atoms with E-state index in [2.05, 4.69) is 10.1 Å². The number of aryl methyl sites for hydroxylation is 2. The fraction of sp³-hybridized carbons (Fsp3) is 0.158. The predicted molar refractivity (Wildman–Crippen MR) is 98.1 cm³/mol. The van der Waals surface area contributed by atoms with Crippen molar-refractivity contribution in [1.29, 1.82) is 0 Å². The van der Waals surface area contributed by atoms with Crippen molar-refractivity contribution in [3.8, 4) is 0 Å². The standard InChI is InChI=1S/C19H17N3O3S/c23-26(24,14-15-6-2-1-3-7-15)22-18-9-5-4-8-17(18)20-19(22)11-10-16-12-13-25-21-16/h1-9,12-13H,10-11,14H2. The Balaban J connectivity index is 1.75. The van der Waals surface area contributed by atoms with Gasteiger partial charge in [0, 0.05) is 18.9 Å². The van der Waals surface area contributed by atoms with Crippen molar-refractivity contribution in [3.05, 3.63) is 84.0 Å². The molecule has 2 aromatic carbocycles. The average molecular weight is 367 g/mol. The molecule has 0 fully saturated rings. The molecule has 0 amide bonds. The predicted octanol–water partition coefficient (Wildman–Crippen LogP) is 3.19. The summed E-state index contributed by atoms with van der Waals surface area (Å²) in [5.74, 6) is 0.427. The zero-order valence-corrected chi connectivity index (χ0v) is 14.8. The summed E-state index contributed by atoms with van der Waals surface area (Å²) < 4.78 is 32.5. The monoisotopic (exact) mass is 367 g/mol. The van der Waals surface area contributed by atoms with Gasteiger partial charge >= 0.3 is 0 Å². The van der Waals surface area contributed by atoms with Gasteiger partial charge in [-0.2, -0.15) is 0 Å². The topological polar surface area (TPSA) is 78.0 Å². The minimum Gasteiger partial charge on any atom is -0.365 e. The SMILES string of the molecule is O=S(=O)(Cc1ccccc1)n1c(CCc2ccon2)nc2ccccc21. The molecule has 0 bridgehead atoms. The summed E-state index contributed by atoms with van der Waals surface area (Å²) in [6.45, 7) is 0. The van der Waals surface area contributed by atoms with Crippen LogP contribution in [0.15, 0.2) is 71.4 Å². The second-order valence-corrected chi connectivity index (χ2v) is 7.83. The van der Waals surface area contributed by atoms with Gasteiger partial charge in [-0.3, -0.25) is 0 Å². The quantitative estimate of drug-likeness (QED) is 0.523. The highest BCUT2D eigenvalue weighted by atomic mass is 32.2. The summed E-state index contributed by atoms with van der Waals surface area (Å²) in [6, 6.07) is 18.2. The number of imidazole rings is 1. The van der Waals surface area contributed by atoms with E-state index in [9.17, 15) is 8.42 Å². The lowest BCUT2D eigenvalue weighted by molar-refractivity contribution is 0.411. The summed E-state index contributed by atoms with van der Waals surface area (Å²) in [7, 11) is -3.61. The van der Waals surface area contributed by atoms with E-state index in [1.807, 2.05) is 48.5 Å². The van der Waals surface area contributed by atoms with Crippen molar-refractivity contribution in [2.45, 2.75) is 18.6 Å². The molecule has 0 saturated carbocycles. The van der Waals surface area contributed by atoms with E-state index in [4.69, 9.17) is 4.52 Å². The largest absolute Gasteiger partial charge is 0.365 e. The minimum absolute atomic E-state index is 0.0782. The van der Waals surface area contributed by atoms with E-state index >= 15 is 0 Å². The van der Waals surface area contributed by atoms with Crippen molar-refractivity contribution < 1.29 is 12.9 Å². The van der Waals surface area contributed by atoms with Crippen molar-refractivity contribution in [2.24, 2.45) is 0 Å². The van der Waals surface area contributed by atoms with Crippen LogP contribution < -0.4 is 0 Å². The third-order valence-corrected chi connectivity index (χ3v) is 5.81. The number of hydrogen-bond donors (Lipinski definition) is 0. The maximum atomic E-state index is 13.1. The molecule has 0 aliphatic rings. The number of rotatable bonds is 6. The molecule has 0 aliphatic heterocycles. The molecule has 0 spiro atoms. The lowest BCUT2D eigenvalue weighted by Gasteiger charge is -2.10. The highest BCUT2D eigenvalue weighted by molar-refractivity contribution is 7.89. The molecule has 0 unspecified atom stereocenters. The molecule has 4 rings (SSSR count). The number of hydrogen-bond acceptors (Lipinski definition) is 5. The molecule has 2 heterocycles. The molecule has 26 heavy (non-hydrogen) atoms.